The van der Waals surface area contributed by atoms with Crippen LogP contribution < -0.4 is 0 Å². The highest BCUT2D eigenvalue weighted by atomic mass is 31.1. The van der Waals surface area contributed by atoms with Crippen molar-refractivity contribution in [2.75, 3.05) is 6.16 Å². The Bertz CT molecular complexity index is 301. The van der Waals surface area contributed by atoms with E-state index in [2.05, 4.69) is 13.2 Å². The fourth-order valence-corrected chi connectivity index (χ4v) is 1.70. The summed E-state index contributed by atoms with van der Waals surface area (Å²) in [4.78, 5) is 8.75. The molecule has 0 bridgehead atoms. The maximum atomic E-state index is 10.6. The van der Waals surface area contributed by atoms with E-state index in [1.807, 2.05) is 6.07 Å². The topological polar surface area (TPSA) is 61.1 Å². The molecule has 0 aliphatic rings. The molecule has 0 saturated carbocycles. The van der Waals surface area contributed by atoms with Crippen LogP contribution in [0.1, 0.15) is 12.8 Å². The van der Waals surface area contributed by atoms with E-state index in [9.17, 15) is 4.57 Å². The lowest BCUT2D eigenvalue weighted by Gasteiger charge is -2.04. The maximum Gasteiger partial charge on any atom is 0.194 e. The summed E-state index contributed by atoms with van der Waals surface area (Å²) in [6, 6.07) is 1.95. The third kappa shape index (κ3) is 4.81. The first-order chi connectivity index (χ1) is 6.65. The molecule has 0 saturated heterocycles. The summed E-state index contributed by atoms with van der Waals surface area (Å²) in [6.45, 7) is 7.14. The minimum Gasteiger partial charge on any atom is -0.346 e. The standard InChI is InChI=1S/C10H14NO2P/c1-3-5-9(6-4-2)10(7-11)8-14(12)13/h3-4,14H,1-2,5-6,8H2,(H,12,13). The Morgan fingerprint density at radius 1 is 1.43 bits per heavy atom. The molecule has 3 nitrogen and oxygen atoms in total. The molecule has 4 heteroatoms. The van der Waals surface area contributed by atoms with Gasteiger partial charge in [-0.3, -0.25) is 4.57 Å². The normalized spacial score (nSPS) is 11.1. The van der Waals surface area contributed by atoms with Gasteiger partial charge in [-0.25, -0.2) is 0 Å². The predicted octanol–water partition coefficient (Wildman–Crippen LogP) is 2.43. The Kier molecular flexibility index (Phi) is 6.74. The Morgan fingerprint density at radius 2 is 1.93 bits per heavy atom. The van der Waals surface area contributed by atoms with Crippen LogP contribution in [0, 0.1) is 11.3 Å². The van der Waals surface area contributed by atoms with Crippen LogP contribution >= 0.6 is 8.03 Å². The van der Waals surface area contributed by atoms with Gasteiger partial charge >= 0.3 is 0 Å². The minimum atomic E-state index is -2.62. The van der Waals surface area contributed by atoms with E-state index < -0.39 is 8.03 Å². The monoisotopic (exact) mass is 211 g/mol. The van der Waals surface area contributed by atoms with Crippen molar-refractivity contribution in [1.82, 2.24) is 0 Å². The van der Waals surface area contributed by atoms with Crippen molar-refractivity contribution in [2.45, 2.75) is 12.8 Å². The molecule has 0 aromatic heterocycles. The van der Waals surface area contributed by atoms with Gasteiger partial charge in [-0.2, -0.15) is 5.26 Å². The lowest BCUT2D eigenvalue weighted by molar-refractivity contribution is 0.505. The Balaban J connectivity index is 4.87. The minimum absolute atomic E-state index is 0.0435. The molecule has 0 amide bonds. The molecule has 0 rings (SSSR count). The number of rotatable bonds is 6. The molecule has 0 aliphatic heterocycles. The summed E-state index contributed by atoms with van der Waals surface area (Å²) in [7, 11) is -2.62. The summed E-state index contributed by atoms with van der Waals surface area (Å²) in [6.07, 6.45) is 4.42. The van der Waals surface area contributed by atoms with Crippen molar-refractivity contribution in [1.29, 1.82) is 5.26 Å². The third-order valence-electron chi connectivity index (χ3n) is 1.67. The van der Waals surface area contributed by atoms with E-state index in [0.717, 1.165) is 5.57 Å². The first-order valence-electron chi connectivity index (χ1n) is 4.20. The second-order valence-corrected chi connectivity index (χ2v) is 3.89. The predicted molar refractivity (Wildman–Crippen MR) is 58.4 cm³/mol. The summed E-state index contributed by atoms with van der Waals surface area (Å²) >= 11 is 0. The van der Waals surface area contributed by atoms with Gasteiger partial charge < -0.3 is 4.89 Å². The van der Waals surface area contributed by atoms with Crippen molar-refractivity contribution in [3.63, 3.8) is 0 Å². The second-order valence-electron chi connectivity index (χ2n) is 2.75. The fourth-order valence-electron chi connectivity index (χ4n) is 1.07. The van der Waals surface area contributed by atoms with Crippen LogP contribution in [0.5, 0.6) is 0 Å². The molecule has 0 fully saturated rings. The van der Waals surface area contributed by atoms with Gasteiger partial charge in [-0.05, 0) is 18.4 Å². The van der Waals surface area contributed by atoms with Crippen LogP contribution in [0.15, 0.2) is 36.5 Å². The van der Waals surface area contributed by atoms with Gasteiger partial charge in [-0.1, -0.05) is 12.2 Å². The number of hydrogen-bond acceptors (Lipinski definition) is 2. The van der Waals surface area contributed by atoms with Crippen molar-refractivity contribution in [2.24, 2.45) is 0 Å². The summed E-state index contributed by atoms with van der Waals surface area (Å²) in [5, 5.41) is 8.79. The van der Waals surface area contributed by atoms with Gasteiger partial charge in [0.15, 0.2) is 8.03 Å². The number of nitriles is 1. The highest BCUT2D eigenvalue weighted by molar-refractivity contribution is 7.38. The first-order valence-corrected chi connectivity index (χ1v) is 5.76. The zero-order valence-corrected chi connectivity index (χ0v) is 8.99. The van der Waals surface area contributed by atoms with Gasteiger partial charge in [0.25, 0.3) is 0 Å². The van der Waals surface area contributed by atoms with Crippen LogP contribution in [0.25, 0.3) is 0 Å². The van der Waals surface area contributed by atoms with Gasteiger partial charge in [0.2, 0.25) is 0 Å². The van der Waals surface area contributed by atoms with Crippen LogP contribution in [0.4, 0.5) is 0 Å². The lowest BCUT2D eigenvalue weighted by atomic mass is 10.0. The van der Waals surface area contributed by atoms with E-state index in [4.69, 9.17) is 10.2 Å². The molecule has 14 heavy (non-hydrogen) atoms. The number of nitrogens with zero attached hydrogens (tertiary/aromatic N) is 1. The van der Waals surface area contributed by atoms with Crippen LogP contribution in [-0.4, -0.2) is 11.1 Å². The lowest BCUT2D eigenvalue weighted by Crippen LogP contribution is -1.92. The van der Waals surface area contributed by atoms with Crippen molar-refractivity contribution < 1.29 is 9.46 Å². The maximum absolute atomic E-state index is 10.6. The van der Waals surface area contributed by atoms with Gasteiger partial charge in [0.05, 0.1) is 12.2 Å². The molecule has 0 aromatic carbocycles. The smallest absolute Gasteiger partial charge is 0.194 e. The molecule has 76 valence electrons. The SMILES string of the molecule is C=CCC(CC=C)=C(C#N)C[PH](=O)O. The molecular formula is C10H14NO2P. The molecule has 1 unspecified atom stereocenters. The van der Waals surface area contributed by atoms with E-state index >= 15 is 0 Å². The summed E-state index contributed by atoms with van der Waals surface area (Å²) in [5.41, 5.74) is 1.21. The highest BCUT2D eigenvalue weighted by Crippen LogP contribution is 2.23. The fraction of sp³-hybridized carbons (Fsp3) is 0.300. The van der Waals surface area contributed by atoms with Crippen molar-refractivity contribution in [3.05, 3.63) is 36.5 Å². The molecule has 0 aromatic rings. The van der Waals surface area contributed by atoms with Crippen LogP contribution in [0.3, 0.4) is 0 Å². The molecule has 1 atom stereocenters. The van der Waals surface area contributed by atoms with Crippen molar-refractivity contribution >= 4 is 8.03 Å². The average molecular weight is 211 g/mol. The Morgan fingerprint density at radius 3 is 2.21 bits per heavy atom. The van der Waals surface area contributed by atoms with Gasteiger partial charge in [-0.15, -0.1) is 13.2 Å². The quantitative estimate of drug-likeness (QED) is 0.417. The average Bonchev–Trinajstić information content (AvgIpc) is 2.13. The van der Waals surface area contributed by atoms with E-state index in [1.165, 1.54) is 0 Å². The van der Waals surface area contributed by atoms with E-state index in [0.29, 0.717) is 18.4 Å². The third-order valence-corrected chi connectivity index (χ3v) is 2.33. The molecule has 1 N–H and O–H groups in total. The summed E-state index contributed by atoms with van der Waals surface area (Å²) < 4.78 is 10.6. The summed E-state index contributed by atoms with van der Waals surface area (Å²) in [5.74, 6) is 0. The first kappa shape index (κ1) is 12.9. The van der Waals surface area contributed by atoms with Gasteiger partial charge in [0.1, 0.15) is 0 Å². The van der Waals surface area contributed by atoms with Crippen LogP contribution in [0.2, 0.25) is 0 Å². The van der Waals surface area contributed by atoms with E-state index in [-0.39, 0.29) is 6.16 Å². The van der Waals surface area contributed by atoms with Gasteiger partial charge in [0, 0.05) is 5.57 Å². The zero-order chi connectivity index (χ0) is 11.0. The number of allylic oxidation sites excluding steroid dienone is 4. The van der Waals surface area contributed by atoms with E-state index in [1.54, 1.807) is 12.2 Å². The molecule has 0 heterocycles. The van der Waals surface area contributed by atoms with Crippen LogP contribution in [-0.2, 0) is 4.57 Å². The Labute approximate surface area is 84.9 Å². The second kappa shape index (κ2) is 7.32. The van der Waals surface area contributed by atoms with Crippen molar-refractivity contribution in [3.8, 4) is 6.07 Å². The highest BCUT2D eigenvalue weighted by Gasteiger charge is 2.06. The largest absolute Gasteiger partial charge is 0.346 e. The molecule has 0 radical (unpaired) electrons. The zero-order valence-electron chi connectivity index (χ0n) is 7.99. The Hall–Kier alpha value is -1.10. The molecule has 0 aliphatic carbocycles. The number of hydrogen-bond donors (Lipinski definition) is 1. The molecule has 0 spiro atoms. The molecular weight excluding hydrogens is 197 g/mol.